The molecule has 0 bridgehead atoms. The highest BCUT2D eigenvalue weighted by Crippen LogP contribution is 2.31. The van der Waals surface area contributed by atoms with Gasteiger partial charge in [0.15, 0.2) is 12.1 Å². The SMILES string of the molecule is O=C(O)NC1Nc2ccc(-c3cc(Cc4n[nH]c(=O)c5c4=CCCC=5)ccc3F)nc2N1. The van der Waals surface area contributed by atoms with E-state index in [2.05, 4.69) is 31.1 Å². The summed E-state index contributed by atoms with van der Waals surface area (Å²) < 4.78 is 14.7. The molecule has 2 aliphatic rings. The van der Waals surface area contributed by atoms with E-state index in [1.54, 1.807) is 24.3 Å². The monoisotopic (exact) mass is 434 g/mol. The summed E-state index contributed by atoms with van der Waals surface area (Å²) in [6.07, 6.45) is 4.11. The number of benzene rings is 1. The van der Waals surface area contributed by atoms with E-state index in [4.69, 9.17) is 5.11 Å². The maximum Gasteiger partial charge on any atom is 0.407 e. The Bertz CT molecular complexity index is 1420. The Morgan fingerprint density at radius 1 is 1.16 bits per heavy atom. The Morgan fingerprint density at radius 2 is 1.97 bits per heavy atom. The van der Waals surface area contributed by atoms with Crippen LogP contribution in [0.3, 0.4) is 0 Å². The Morgan fingerprint density at radius 3 is 2.78 bits per heavy atom. The van der Waals surface area contributed by atoms with E-state index >= 15 is 0 Å². The summed E-state index contributed by atoms with van der Waals surface area (Å²) in [5.74, 6) is -0.00344. The van der Waals surface area contributed by atoms with Crippen molar-refractivity contribution in [2.45, 2.75) is 25.6 Å². The van der Waals surface area contributed by atoms with Gasteiger partial charge in [-0.3, -0.25) is 10.1 Å². The van der Waals surface area contributed by atoms with E-state index in [-0.39, 0.29) is 5.56 Å². The van der Waals surface area contributed by atoms with Crippen molar-refractivity contribution in [3.05, 3.63) is 68.2 Å². The van der Waals surface area contributed by atoms with Gasteiger partial charge in [-0.05, 0) is 42.7 Å². The number of nitrogens with one attached hydrogen (secondary N) is 4. The first kappa shape index (κ1) is 19.7. The molecule has 10 heteroatoms. The Balaban J connectivity index is 1.47. The Hall–Kier alpha value is -4.21. The first-order valence-electron chi connectivity index (χ1n) is 10.1. The molecular formula is C22H19FN6O3. The third kappa shape index (κ3) is 3.66. The molecule has 1 aliphatic heterocycles. The van der Waals surface area contributed by atoms with Crippen molar-refractivity contribution in [3.63, 3.8) is 0 Å². The van der Waals surface area contributed by atoms with Crippen LogP contribution in [0.1, 0.15) is 24.1 Å². The Labute approximate surface area is 180 Å². The fourth-order valence-corrected chi connectivity index (χ4v) is 3.97. The summed E-state index contributed by atoms with van der Waals surface area (Å²) in [7, 11) is 0. The third-order valence-corrected chi connectivity index (χ3v) is 5.42. The highest BCUT2D eigenvalue weighted by atomic mass is 19.1. The van der Waals surface area contributed by atoms with Crippen molar-refractivity contribution in [1.29, 1.82) is 0 Å². The zero-order chi connectivity index (χ0) is 22.2. The molecule has 1 atom stereocenters. The third-order valence-electron chi connectivity index (χ3n) is 5.42. The van der Waals surface area contributed by atoms with Crippen LogP contribution in [0.4, 0.5) is 20.7 Å². The zero-order valence-corrected chi connectivity index (χ0v) is 16.8. The van der Waals surface area contributed by atoms with Crippen LogP contribution in [0.5, 0.6) is 0 Å². The van der Waals surface area contributed by atoms with Crippen LogP contribution in [0.15, 0.2) is 35.1 Å². The molecule has 0 spiro atoms. The molecule has 3 aromatic rings. The molecule has 2 aromatic heterocycles. The van der Waals surface area contributed by atoms with Crippen molar-refractivity contribution >= 4 is 29.8 Å². The summed E-state index contributed by atoms with van der Waals surface area (Å²) in [5, 5.41) is 25.2. The molecule has 32 heavy (non-hydrogen) atoms. The molecule has 0 fully saturated rings. The minimum atomic E-state index is -1.19. The average Bonchev–Trinajstić information content (AvgIpc) is 3.18. The summed E-state index contributed by atoms with van der Waals surface area (Å²) in [5.41, 5.74) is 2.67. The summed E-state index contributed by atoms with van der Waals surface area (Å²) >= 11 is 0. The number of aromatic amines is 1. The second-order valence-corrected chi connectivity index (χ2v) is 7.57. The number of nitrogens with zero attached hydrogens (tertiary/aromatic N) is 2. The molecule has 1 amide bonds. The average molecular weight is 434 g/mol. The van der Waals surface area contributed by atoms with Crippen LogP contribution >= 0.6 is 0 Å². The van der Waals surface area contributed by atoms with Crippen LogP contribution in [-0.2, 0) is 6.42 Å². The van der Waals surface area contributed by atoms with E-state index in [9.17, 15) is 14.0 Å². The largest absolute Gasteiger partial charge is 0.465 e. The van der Waals surface area contributed by atoms with Crippen LogP contribution < -0.4 is 31.9 Å². The van der Waals surface area contributed by atoms with Crippen LogP contribution in [0.25, 0.3) is 23.4 Å². The van der Waals surface area contributed by atoms with Crippen LogP contribution in [0, 0.1) is 5.82 Å². The minimum Gasteiger partial charge on any atom is -0.465 e. The van der Waals surface area contributed by atoms with Gasteiger partial charge in [0.2, 0.25) is 0 Å². The second kappa shape index (κ2) is 7.80. The number of amides is 1. The van der Waals surface area contributed by atoms with E-state index < -0.39 is 18.2 Å². The maximum atomic E-state index is 14.7. The number of pyridine rings is 1. The molecule has 9 nitrogen and oxygen atoms in total. The minimum absolute atomic E-state index is 0.210. The van der Waals surface area contributed by atoms with Crippen molar-refractivity contribution in [2.24, 2.45) is 0 Å². The molecule has 1 aromatic carbocycles. The molecule has 0 saturated heterocycles. The van der Waals surface area contributed by atoms with Gasteiger partial charge in [-0.15, -0.1) is 0 Å². The zero-order valence-electron chi connectivity index (χ0n) is 16.8. The predicted molar refractivity (Wildman–Crippen MR) is 117 cm³/mol. The van der Waals surface area contributed by atoms with E-state index in [0.717, 1.165) is 29.3 Å². The number of rotatable bonds is 4. The first-order valence-corrected chi connectivity index (χ1v) is 10.1. The van der Waals surface area contributed by atoms with Crippen LogP contribution in [-0.4, -0.2) is 32.7 Å². The molecule has 1 unspecified atom stereocenters. The molecule has 5 N–H and O–H groups in total. The highest BCUT2D eigenvalue weighted by Gasteiger charge is 2.23. The second-order valence-electron chi connectivity index (χ2n) is 7.57. The lowest BCUT2D eigenvalue weighted by atomic mass is 10.0. The fraction of sp³-hybridized carbons (Fsp3) is 0.182. The Kier molecular flexibility index (Phi) is 4.81. The molecule has 3 heterocycles. The van der Waals surface area contributed by atoms with E-state index in [1.165, 1.54) is 6.07 Å². The molecule has 1 aliphatic carbocycles. The number of hydrogen-bond donors (Lipinski definition) is 5. The number of carboxylic acid groups (broad SMARTS) is 1. The molecule has 0 saturated carbocycles. The predicted octanol–water partition coefficient (Wildman–Crippen LogP) is 1.31. The van der Waals surface area contributed by atoms with Gasteiger partial charge >= 0.3 is 6.09 Å². The number of anilines is 2. The number of halogens is 1. The lowest BCUT2D eigenvalue weighted by Crippen LogP contribution is -2.45. The van der Waals surface area contributed by atoms with Crippen molar-refractivity contribution in [3.8, 4) is 11.3 Å². The number of hydrogen-bond acceptors (Lipinski definition) is 6. The van der Waals surface area contributed by atoms with Gasteiger partial charge in [0.1, 0.15) is 5.82 Å². The molecule has 5 rings (SSSR count). The quantitative estimate of drug-likeness (QED) is 0.418. The summed E-state index contributed by atoms with van der Waals surface area (Å²) in [6, 6.07) is 8.16. The fourth-order valence-electron chi connectivity index (χ4n) is 3.97. The summed E-state index contributed by atoms with van der Waals surface area (Å²) in [6.45, 7) is 0. The van der Waals surface area contributed by atoms with Gasteiger partial charge in [-0.2, -0.15) is 5.10 Å². The highest BCUT2D eigenvalue weighted by molar-refractivity contribution is 5.77. The van der Waals surface area contributed by atoms with Gasteiger partial charge in [0.25, 0.3) is 5.56 Å². The smallest absolute Gasteiger partial charge is 0.407 e. The first-order chi connectivity index (χ1) is 15.5. The summed E-state index contributed by atoms with van der Waals surface area (Å²) in [4.78, 5) is 27.3. The van der Waals surface area contributed by atoms with Gasteiger partial charge in [-0.25, -0.2) is 19.3 Å². The van der Waals surface area contributed by atoms with Crippen molar-refractivity contribution < 1.29 is 14.3 Å². The normalized spacial score (nSPS) is 16.0. The van der Waals surface area contributed by atoms with Gasteiger partial charge in [0, 0.05) is 22.4 Å². The molecule has 162 valence electrons. The lowest BCUT2D eigenvalue weighted by Gasteiger charge is -2.10. The molecular weight excluding hydrogens is 415 g/mol. The van der Waals surface area contributed by atoms with Crippen molar-refractivity contribution in [2.75, 3.05) is 10.6 Å². The van der Waals surface area contributed by atoms with Gasteiger partial charge < -0.3 is 15.7 Å². The van der Waals surface area contributed by atoms with Crippen LogP contribution in [0.2, 0.25) is 0 Å². The number of fused-ring (bicyclic) bond motifs is 2. The number of carbonyl (C=O) groups is 1. The number of H-pyrrole nitrogens is 1. The standard InChI is InChI=1S/C22H19FN6O3/c23-15-6-5-11(10-18-12-3-1-2-4-13(12)20(30)29-28-18)9-14(15)16-7-8-17-19(24-16)26-21(25-17)27-22(31)32/h3-9,21,25,27H,1-2,10H2,(H,24,26)(H,29,30)(H,31,32). The van der Waals surface area contributed by atoms with E-state index in [0.29, 0.717) is 34.4 Å². The van der Waals surface area contributed by atoms with E-state index in [1.807, 2.05) is 12.2 Å². The topological polar surface area (TPSA) is 132 Å². The maximum absolute atomic E-state index is 14.7. The van der Waals surface area contributed by atoms with Gasteiger partial charge in [0.05, 0.1) is 17.1 Å². The van der Waals surface area contributed by atoms with Gasteiger partial charge in [-0.1, -0.05) is 18.2 Å². The lowest BCUT2D eigenvalue weighted by molar-refractivity contribution is 0.192. The number of aromatic nitrogens is 3. The molecule has 0 radical (unpaired) electrons. The van der Waals surface area contributed by atoms with Crippen molar-refractivity contribution in [1.82, 2.24) is 20.5 Å².